The molecule has 0 spiro atoms. The second kappa shape index (κ2) is 7.67. The van der Waals surface area contributed by atoms with Crippen LogP contribution in [-0.4, -0.2) is 18.7 Å². The largest absolute Gasteiger partial charge is 0.497 e. The highest BCUT2D eigenvalue weighted by Gasteiger charge is 2.19. The molecule has 0 unspecified atom stereocenters. The minimum Gasteiger partial charge on any atom is -0.497 e. The molecular formula is C24H24O3. The Balaban J connectivity index is 2.10. The van der Waals surface area contributed by atoms with Crippen LogP contribution in [-0.2, 0) is 4.74 Å². The van der Waals surface area contributed by atoms with E-state index in [9.17, 15) is 4.79 Å². The van der Waals surface area contributed by atoms with E-state index in [4.69, 9.17) is 9.47 Å². The van der Waals surface area contributed by atoms with Crippen LogP contribution in [0.15, 0.2) is 72.8 Å². The van der Waals surface area contributed by atoms with Gasteiger partial charge in [0.25, 0.3) is 0 Å². The standard InChI is InChI=1S/C24H24O3/c1-24(2,3)27-23(25)19-12-15-21(17-8-6-5-7-9-17)22(16-19)18-10-13-20(26-4)14-11-18/h5-16H,1-4H3. The third-order valence-electron chi connectivity index (χ3n) is 4.14. The van der Waals surface area contributed by atoms with E-state index in [0.717, 1.165) is 28.0 Å². The van der Waals surface area contributed by atoms with Gasteiger partial charge in [-0.2, -0.15) is 0 Å². The summed E-state index contributed by atoms with van der Waals surface area (Å²) in [4.78, 5) is 12.5. The first-order valence-electron chi connectivity index (χ1n) is 8.94. The molecular weight excluding hydrogens is 336 g/mol. The van der Waals surface area contributed by atoms with Crippen molar-refractivity contribution in [1.29, 1.82) is 0 Å². The highest BCUT2D eigenvalue weighted by Crippen LogP contribution is 2.34. The second-order valence-corrected chi connectivity index (χ2v) is 7.36. The minimum atomic E-state index is -0.532. The van der Waals surface area contributed by atoms with Crippen molar-refractivity contribution < 1.29 is 14.3 Å². The van der Waals surface area contributed by atoms with E-state index < -0.39 is 5.60 Å². The van der Waals surface area contributed by atoms with E-state index in [1.807, 2.05) is 81.4 Å². The Labute approximate surface area is 160 Å². The van der Waals surface area contributed by atoms with Crippen LogP contribution < -0.4 is 4.74 Å². The molecule has 0 atom stereocenters. The molecule has 3 heteroatoms. The Morgan fingerprint density at radius 2 is 1.41 bits per heavy atom. The van der Waals surface area contributed by atoms with Gasteiger partial charge in [-0.1, -0.05) is 48.5 Å². The zero-order valence-corrected chi connectivity index (χ0v) is 16.2. The van der Waals surface area contributed by atoms with E-state index in [2.05, 4.69) is 12.1 Å². The lowest BCUT2D eigenvalue weighted by molar-refractivity contribution is 0.00696. The quantitative estimate of drug-likeness (QED) is 0.537. The van der Waals surface area contributed by atoms with Gasteiger partial charge in [0, 0.05) is 0 Å². The summed E-state index contributed by atoms with van der Waals surface area (Å²) >= 11 is 0. The molecule has 0 amide bonds. The van der Waals surface area contributed by atoms with Crippen molar-refractivity contribution in [1.82, 2.24) is 0 Å². The molecule has 27 heavy (non-hydrogen) atoms. The number of carbonyl (C=O) groups is 1. The first-order valence-corrected chi connectivity index (χ1v) is 8.94. The maximum Gasteiger partial charge on any atom is 0.338 e. The van der Waals surface area contributed by atoms with Crippen LogP contribution in [0.5, 0.6) is 5.75 Å². The van der Waals surface area contributed by atoms with E-state index >= 15 is 0 Å². The van der Waals surface area contributed by atoms with Crippen LogP contribution in [0.2, 0.25) is 0 Å². The number of esters is 1. The molecule has 0 heterocycles. The lowest BCUT2D eigenvalue weighted by atomic mass is 9.92. The number of rotatable bonds is 4. The maximum atomic E-state index is 12.5. The van der Waals surface area contributed by atoms with E-state index in [-0.39, 0.29) is 5.97 Å². The van der Waals surface area contributed by atoms with Crippen molar-refractivity contribution in [2.45, 2.75) is 26.4 Å². The minimum absolute atomic E-state index is 0.322. The molecule has 0 aliphatic rings. The molecule has 3 aromatic rings. The molecule has 0 N–H and O–H groups in total. The summed E-state index contributed by atoms with van der Waals surface area (Å²) in [5.74, 6) is 0.472. The van der Waals surface area contributed by atoms with Crippen LogP contribution in [0.4, 0.5) is 0 Å². The van der Waals surface area contributed by atoms with Gasteiger partial charge in [0.2, 0.25) is 0 Å². The van der Waals surface area contributed by atoms with Crippen LogP contribution in [0.3, 0.4) is 0 Å². The van der Waals surface area contributed by atoms with Gasteiger partial charge < -0.3 is 9.47 Å². The number of ether oxygens (including phenoxy) is 2. The van der Waals surface area contributed by atoms with E-state index in [1.54, 1.807) is 7.11 Å². The lowest BCUT2D eigenvalue weighted by Gasteiger charge is -2.20. The molecule has 3 nitrogen and oxygen atoms in total. The Morgan fingerprint density at radius 1 is 0.778 bits per heavy atom. The van der Waals surface area contributed by atoms with Gasteiger partial charge in [0.15, 0.2) is 0 Å². The van der Waals surface area contributed by atoms with Crippen molar-refractivity contribution in [3.05, 3.63) is 78.4 Å². The number of hydrogen-bond donors (Lipinski definition) is 0. The Hall–Kier alpha value is -3.07. The third-order valence-corrected chi connectivity index (χ3v) is 4.14. The normalized spacial score (nSPS) is 11.1. The van der Waals surface area contributed by atoms with Crippen molar-refractivity contribution in [3.63, 3.8) is 0 Å². The van der Waals surface area contributed by atoms with Gasteiger partial charge in [-0.15, -0.1) is 0 Å². The molecule has 0 aliphatic heterocycles. The molecule has 0 saturated heterocycles. The molecule has 0 saturated carbocycles. The molecule has 0 bridgehead atoms. The highest BCUT2D eigenvalue weighted by atomic mass is 16.6. The fourth-order valence-electron chi connectivity index (χ4n) is 2.89. The van der Waals surface area contributed by atoms with Crippen molar-refractivity contribution >= 4 is 5.97 Å². The first kappa shape index (κ1) is 18.7. The zero-order valence-electron chi connectivity index (χ0n) is 16.2. The predicted molar refractivity (Wildman–Crippen MR) is 109 cm³/mol. The molecule has 138 valence electrons. The smallest absolute Gasteiger partial charge is 0.338 e. The van der Waals surface area contributed by atoms with Gasteiger partial charge in [0.05, 0.1) is 12.7 Å². The predicted octanol–water partition coefficient (Wildman–Crippen LogP) is 5.98. The summed E-state index contributed by atoms with van der Waals surface area (Å²) < 4.78 is 10.8. The fraction of sp³-hybridized carbons (Fsp3) is 0.208. The number of benzene rings is 3. The number of methoxy groups -OCH3 is 1. The average molecular weight is 360 g/mol. The van der Waals surface area contributed by atoms with Crippen molar-refractivity contribution in [2.24, 2.45) is 0 Å². The van der Waals surface area contributed by atoms with E-state index in [1.165, 1.54) is 0 Å². The van der Waals surface area contributed by atoms with E-state index in [0.29, 0.717) is 5.56 Å². The highest BCUT2D eigenvalue weighted by molar-refractivity contribution is 5.94. The summed E-state index contributed by atoms with van der Waals surface area (Å²) in [6.45, 7) is 5.61. The second-order valence-electron chi connectivity index (χ2n) is 7.36. The monoisotopic (exact) mass is 360 g/mol. The van der Waals surface area contributed by atoms with Crippen molar-refractivity contribution in [3.8, 4) is 28.0 Å². The molecule has 3 aromatic carbocycles. The summed E-state index contributed by atoms with van der Waals surface area (Å²) in [5.41, 5.74) is 4.16. The third kappa shape index (κ3) is 4.56. The topological polar surface area (TPSA) is 35.5 Å². The van der Waals surface area contributed by atoms with Crippen molar-refractivity contribution in [2.75, 3.05) is 7.11 Å². The summed E-state index contributed by atoms with van der Waals surface area (Å²) in [6, 6.07) is 23.7. The average Bonchev–Trinajstić information content (AvgIpc) is 2.67. The van der Waals surface area contributed by atoms with Gasteiger partial charge in [0.1, 0.15) is 11.4 Å². The van der Waals surface area contributed by atoms with Crippen LogP contribution >= 0.6 is 0 Å². The number of hydrogen-bond acceptors (Lipinski definition) is 3. The van der Waals surface area contributed by atoms with Gasteiger partial charge >= 0.3 is 5.97 Å². The summed E-state index contributed by atoms with van der Waals surface area (Å²) in [5, 5.41) is 0. The molecule has 0 aliphatic carbocycles. The molecule has 0 radical (unpaired) electrons. The maximum absolute atomic E-state index is 12.5. The Morgan fingerprint density at radius 3 is 2.00 bits per heavy atom. The van der Waals surface area contributed by atoms with Crippen LogP contribution in [0.1, 0.15) is 31.1 Å². The summed E-state index contributed by atoms with van der Waals surface area (Å²) in [7, 11) is 1.65. The Bertz CT molecular complexity index is 920. The molecule has 0 fully saturated rings. The van der Waals surface area contributed by atoms with Gasteiger partial charge in [-0.05, 0) is 67.3 Å². The fourth-order valence-corrected chi connectivity index (χ4v) is 2.89. The van der Waals surface area contributed by atoms with Crippen LogP contribution in [0, 0.1) is 0 Å². The summed E-state index contributed by atoms with van der Waals surface area (Å²) in [6.07, 6.45) is 0. The lowest BCUT2D eigenvalue weighted by Crippen LogP contribution is -2.23. The number of carbonyl (C=O) groups excluding carboxylic acids is 1. The van der Waals surface area contributed by atoms with Gasteiger partial charge in [-0.25, -0.2) is 4.79 Å². The molecule has 3 rings (SSSR count). The van der Waals surface area contributed by atoms with Gasteiger partial charge in [-0.3, -0.25) is 0 Å². The first-order chi connectivity index (χ1) is 12.9. The molecule has 0 aromatic heterocycles. The zero-order chi connectivity index (χ0) is 19.4. The van der Waals surface area contributed by atoms with Crippen LogP contribution in [0.25, 0.3) is 22.3 Å². The Kier molecular flexibility index (Phi) is 5.31. The SMILES string of the molecule is COc1ccc(-c2cc(C(=O)OC(C)(C)C)ccc2-c2ccccc2)cc1.